The van der Waals surface area contributed by atoms with E-state index in [9.17, 15) is 9.90 Å². The monoisotopic (exact) mass is 331 g/mol. The highest BCUT2D eigenvalue weighted by molar-refractivity contribution is 5.95. The number of carbonyl (C=O) groups excluding carboxylic acids is 1. The molecule has 1 saturated carbocycles. The highest BCUT2D eigenvalue weighted by Gasteiger charge is 2.36. The molecule has 3 rings (SSSR count). The molecule has 130 valence electrons. The second-order valence-electron chi connectivity index (χ2n) is 6.83. The van der Waals surface area contributed by atoms with Gasteiger partial charge in [0.25, 0.3) is 5.91 Å². The maximum absolute atomic E-state index is 12.4. The van der Waals surface area contributed by atoms with Gasteiger partial charge in [0, 0.05) is 36.8 Å². The van der Waals surface area contributed by atoms with Gasteiger partial charge in [-0.15, -0.1) is 0 Å². The first-order valence-electron chi connectivity index (χ1n) is 8.35. The number of aliphatic hydroxyl groups excluding tert-OH is 1. The molecule has 1 amide bonds. The van der Waals surface area contributed by atoms with Crippen molar-refractivity contribution in [3.63, 3.8) is 0 Å². The number of nitrogens with one attached hydrogen (secondary N) is 2. The standard InChI is InChI=1S/C17H25N5O2/c1-9-5-14(10(2)22(9)4)17(24)18-8-13-6-12(7-15(13)23)16-19-11(3)20-21-16/h5,12-13,15,23H,6-8H2,1-4H3,(H,18,24)(H,19,20,21)/t12-,13+,15+/m0/s1. The van der Waals surface area contributed by atoms with E-state index >= 15 is 0 Å². The summed E-state index contributed by atoms with van der Waals surface area (Å²) < 4.78 is 2.00. The Bertz CT molecular complexity index is 748. The third-order valence-electron chi connectivity index (χ3n) is 5.18. The fraction of sp³-hybridized carbons (Fsp3) is 0.588. The summed E-state index contributed by atoms with van der Waals surface area (Å²) in [5.74, 6) is 1.64. The minimum atomic E-state index is -0.437. The summed E-state index contributed by atoms with van der Waals surface area (Å²) in [6.07, 6.45) is 0.986. The van der Waals surface area contributed by atoms with Crippen LogP contribution in [0.5, 0.6) is 0 Å². The van der Waals surface area contributed by atoms with Gasteiger partial charge in [-0.3, -0.25) is 9.89 Å². The molecule has 7 nitrogen and oxygen atoms in total. The van der Waals surface area contributed by atoms with E-state index in [0.29, 0.717) is 18.5 Å². The van der Waals surface area contributed by atoms with E-state index in [1.54, 1.807) is 0 Å². The number of rotatable bonds is 4. The SMILES string of the molecule is Cc1nc([C@H]2C[C@H](CNC(=O)c3cc(C)n(C)c3C)[C@H](O)C2)n[nH]1. The molecular formula is C17H25N5O2. The number of aromatic nitrogens is 4. The van der Waals surface area contributed by atoms with E-state index in [1.807, 2.05) is 38.5 Å². The maximum atomic E-state index is 12.4. The number of H-pyrrole nitrogens is 1. The van der Waals surface area contributed by atoms with E-state index in [1.165, 1.54) is 0 Å². The Morgan fingerprint density at radius 1 is 1.42 bits per heavy atom. The van der Waals surface area contributed by atoms with Crippen LogP contribution >= 0.6 is 0 Å². The molecule has 2 aromatic rings. The van der Waals surface area contributed by atoms with Crippen molar-refractivity contribution >= 4 is 5.91 Å². The average molecular weight is 331 g/mol. The lowest BCUT2D eigenvalue weighted by Gasteiger charge is -2.15. The molecule has 2 heterocycles. The van der Waals surface area contributed by atoms with Crippen molar-refractivity contribution in [3.8, 4) is 0 Å². The molecule has 0 aliphatic heterocycles. The Hall–Kier alpha value is -2.15. The van der Waals surface area contributed by atoms with Crippen molar-refractivity contribution in [3.05, 3.63) is 34.7 Å². The number of hydrogen-bond donors (Lipinski definition) is 3. The summed E-state index contributed by atoms with van der Waals surface area (Å²) in [5.41, 5.74) is 2.70. The topological polar surface area (TPSA) is 95.8 Å². The fourth-order valence-corrected chi connectivity index (χ4v) is 3.48. The summed E-state index contributed by atoms with van der Waals surface area (Å²) in [7, 11) is 1.95. The van der Waals surface area contributed by atoms with Crippen molar-refractivity contribution in [1.82, 2.24) is 25.1 Å². The molecule has 3 atom stereocenters. The molecule has 0 aromatic carbocycles. The van der Waals surface area contributed by atoms with Gasteiger partial charge < -0.3 is 15.0 Å². The lowest BCUT2D eigenvalue weighted by atomic mass is 10.0. The number of hydrogen-bond acceptors (Lipinski definition) is 4. The predicted octanol–water partition coefficient (Wildman–Crippen LogP) is 1.35. The first kappa shape index (κ1) is 16.7. The Morgan fingerprint density at radius 2 is 2.17 bits per heavy atom. The molecule has 0 saturated heterocycles. The smallest absolute Gasteiger partial charge is 0.253 e. The van der Waals surface area contributed by atoms with Gasteiger partial charge in [-0.05, 0) is 39.7 Å². The van der Waals surface area contributed by atoms with Crippen molar-refractivity contribution in [2.24, 2.45) is 13.0 Å². The van der Waals surface area contributed by atoms with Crippen LogP contribution in [0.25, 0.3) is 0 Å². The van der Waals surface area contributed by atoms with Crippen LogP contribution in [0.3, 0.4) is 0 Å². The normalized spacial score (nSPS) is 23.6. The molecule has 0 unspecified atom stereocenters. The van der Waals surface area contributed by atoms with Gasteiger partial charge in [-0.2, -0.15) is 5.10 Å². The van der Waals surface area contributed by atoms with Crippen molar-refractivity contribution in [1.29, 1.82) is 0 Å². The number of nitrogens with zero attached hydrogens (tertiary/aromatic N) is 3. The Morgan fingerprint density at radius 3 is 2.75 bits per heavy atom. The summed E-state index contributed by atoms with van der Waals surface area (Å²) in [6.45, 7) is 6.25. The van der Waals surface area contributed by atoms with Crippen molar-refractivity contribution < 1.29 is 9.90 Å². The summed E-state index contributed by atoms with van der Waals surface area (Å²) >= 11 is 0. The molecular weight excluding hydrogens is 306 g/mol. The van der Waals surface area contributed by atoms with Gasteiger partial charge in [-0.25, -0.2) is 4.98 Å². The molecule has 1 aliphatic rings. The summed E-state index contributed by atoms with van der Waals surface area (Å²) in [5, 5.41) is 20.3. The van der Waals surface area contributed by atoms with E-state index in [0.717, 1.165) is 29.5 Å². The minimum absolute atomic E-state index is 0.0304. The predicted molar refractivity (Wildman–Crippen MR) is 89.8 cm³/mol. The van der Waals surface area contributed by atoms with Crippen LogP contribution in [-0.4, -0.2) is 43.4 Å². The molecule has 24 heavy (non-hydrogen) atoms. The third-order valence-corrected chi connectivity index (χ3v) is 5.18. The Labute approximate surface area is 141 Å². The zero-order chi connectivity index (χ0) is 17.4. The average Bonchev–Trinajstić information content (AvgIpc) is 3.20. The van der Waals surface area contributed by atoms with Crippen LogP contribution in [0.2, 0.25) is 0 Å². The minimum Gasteiger partial charge on any atom is -0.393 e. The molecule has 7 heteroatoms. The van der Waals surface area contributed by atoms with E-state index in [4.69, 9.17) is 0 Å². The zero-order valence-corrected chi connectivity index (χ0v) is 14.6. The fourth-order valence-electron chi connectivity index (χ4n) is 3.48. The van der Waals surface area contributed by atoms with Crippen LogP contribution < -0.4 is 5.32 Å². The number of amides is 1. The maximum Gasteiger partial charge on any atom is 0.253 e. The summed E-state index contributed by atoms with van der Waals surface area (Å²) in [4.78, 5) is 16.8. The molecule has 1 fully saturated rings. The quantitative estimate of drug-likeness (QED) is 0.788. The Balaban J connectivity index is 1.60. The largest absolute Gasteiger partial charge is 0.393 e. The van der Waals surface area contributed by atoms with Gasteiger partial charge in [0.1, 0.15) is 5.82 Å². The highest BCUT2D eigenvalue weighted by Crippen LogP contribution is 2.36. The molecule has 1 aliphatic carbocycles. The summed E-state index contributed by atoms with van der Waals surface area (Å²) in [6, 6.07) is 1.90. The lowest BCUT2D eigenvalue weighted by Crippen LogP contribution is -2.32. The number of aliphatic hydroxyl groups is 1. The second kappa shape index (κ2) is 6.39. The molecule has 2 aromatic heterocycles. The zero-order valence-electron chi connectivity index (χ0n) is 14.6. The van der Waals surface area contributed by atoms with Crippen LogP contribution in [0.4, 0.5) is 0 Å². The molecule has 0 spiro atoms. The highest BCUT2D eigenvalue weighted by atomic mass is 16.3. The second-order valence-corrected chi connectivity index (χ2v) is 6.83. The number of carbonyl (C=O) groups is 1. The van der Waals surface area contributed by atoms with Crippen LogP contribution in [0.15, 0.2) is 6.07 Å². The third kappa shape index (κ3) is 3.08. The Kier molecular flexibility index (Phi) is 4.45. The molecule has 0 bridgehead atoms. The van der Waals surface area contributed by atoms with E-state index < -0.39 is 6.10 Å². The van der Waals surface area contributed by atoms with Gasteiger partial charge in [-0.1, -0.05) is 0 Å². The molecule has 0 radical (unpaired) electrons. The van der Waals surface area contributed by atoms with Gasteiger partial charge in [0.2, 0.25) is 0 Å². The van der Waals surface area contributed by atoms with Crippen molar-refractivity contribution in [2.45, 2.75) is 45.6 Å². The number of aromatic amines is 1. The first-order chi connectivity index (χ1) is 11.4. The van der Waals surface area contributed by atoms with Crippen LogP contribution in [0.1, 0.15) is 52.2 Å². The van der Waals surface area contributed by atoms with E-state index in [-0.39, 0.29) is 17.7 Å². The van der Waals surface area contributed by atoms with Gasteiger partial charge in [0.05, 0.1) is 11.7 Å². The van der Waals surface area contributed by atoms with Crippen LogP contribution in [0, 0.1) is 26.7 Å². The van der Waals surface area contributed by atoms with Crippen molar-refractivity contribution in [2.75, 3.05) is 6.54 Å². The first-order valence-corrected chi connectivity index (χ1v) is 8.35. The lowest BCUT2D eigenvalue weighted by molar-refractivity contribution is 0.0916. The van der Waals surface area contributed by atoms with Gasteiger partial charge in [0.15, 0.2) is 5.82 Å². The molecule has 3 N–H and O–H groups in total. The van der Waals surface area contributed by atoms with Gasteiger partial charge >= 0.3 is 0 Å². The number of aryl methyl sites for hydroxylation is 2. The van der Waals surface area contributed by atoms with E-state index in [2.05, 4.69) is 20.5 Å². The van der Waals surface area contributed by atoms with Crippen LogP contribution in [-0.2, 0) is 7.05 Å².